The maximum atomic E-state index is 12.4. The Bertz CT molecular complexity index is 829. The van der Waals surface area contributed by atoms with Gasteiger partial charge in [0.05, 0.1) is 11.4 Å². The summed E-state index contributed by atoms with van der Waals surface area (Å²) in [6.07, 6.45) is 2.57. The highest BCUT2D eigenvalue weighted by Gasteiger charge is 2.23. The Morgan fingerprint density at radius 3 is 1.29 bits per heavy atom. The van der Waals surface area contributed by atoms with Crippen molar-refractivity contribution < 1.29 is 9.46 Å². The highest BCUT2D eigenvalue weighted by molar-refractivity contribution is 5.98. The van der Waals surface area contributed by atoms with Crippen LogP contribution in [0, 0.1) is 10.4 Å². The molecule has 0 spiro atoms. The highest BCUT2D eigenvalue weighted by atomic mass is 16.5. The van der Waals surface area contributed by atoms with Crippen LogP contribution < -0.4 is 9.46 Å². The summed E-state index contributed by atoms with van der Waals surface area (Å²) in [5, 5.41) is 25.1. The Hall–Kier alpha value is -3.30. The number of rotatable bonds is 2. The monoisotopic (exact) mass is 388 g/mol. The van der Waals surface area contributed by atoms with Gasteiger partial charge in [0.1, 0.15) is 0 Å². The van der Waals surface area contributed by atoms with E-state index in [-0.39, 0.29) is 5.65 Å². The third-order valence-electron chi connectivity index (χ3n) is 3.93. The van der Waals surface area contributed by atoms with E-state index in [1.54, 1.807) is 12.1 Å². The van der Waals surface area contributed by atoms with Gasteiger partial charge in [-0.05, 0) is 0 Å². The quantitative estimate of drug-likeness (QED) is 0.319. The lowest BCUT2D eigenvalue weighted by Crippen LogP contribution is -2.41. The normalized spacial score (nSPS) is 10.4. The van der Waals surface area contributed by atoms with Crippen molar-refractivity contribution in [3.8, 4) is 0 Å². The van der Waals surface area contributed by atoms with Gasteiger partial charge in [0, 0.05) is 68.5 Å². The van der Waals surface area contributed by atoms with E-state index in [2.05, 4.69) is 0 Å². The lowest BCUT2D eigenvalue weighted by molar-refractivity contribution is -0.691. The lowest BCUT2D eigenvalue weighted by Gasteiger charge is -2.23. The fourth-order valence-corrected chi connectivity index (χ4v) is 2.86. The molecule has 0 atom stereocenters. The number of hydrogen-bond donors (Lipinski definition) is 0. The molecule has 0 aliphatic heterocycles. The van der Waals surface area contributed by atoms with E-state index in [0.29, 0.717) is 38.1 Å². The fourth-order valence-electron chi connectivity index (χ4n) is 2.86. The Morgan fingerprint density at radius 1 is 0.679 bits per heavy atom. The predicted molar refractivity (Wildman–Crippen MR) is 111 cm³/mol. The number of aromatic nitrogens is 2. The molecule has 0 aliphatic rings. The molecule has 0 saturated carbocycles. The fraction of sp³-hybridized carbons (Fsp3) is 0.444. The van der Waals surface area contributed by atoms with Gasteiger partial charge >= 0.3 is 5.65 Å². The molecule has 0 amide bonds. The third kappa shape index (κ3) is 4.16. The minimum absolute atomic E-state index is 0.0591. The Balaban J connectivity index is 2.91. The van der Waals surface area contributed by atoms with Crippen molar-refractivity contribution in [3.05, 3.63) is 34.9 Å². The van der Waals surface area contributed by atoms with Gasteiger partial charge in [0.15, 0.2) is 17.8 Å². The van der Waals surface area contributed by atoms with Crippen molar-refractivity contribution in [2.45, 2.75) is 0 Å². The first-order valence-corrected chi connectivity index (χ1v) is 8.69. The average Bonchev–Trinajstić information content (AvgIpc) is 2.58. The van der Waals surface area contributed by atoms with Crippen LogP contribution >= 0.6 is 0 Å². The topological polar surface area (TPSA) is 91.6 Å². The van der Waals surface area contributed by atoms with Gasteiger partial charge in [-0.15, -0.1) is 9.46 Å². The molecule has 2 heterocycles. The van der Waals surface area contributed by atoms with Gasteiger partial charge in [0.2, 0.25) is 11.9 Å². The molecule has 2 aromatic rings. The van der Waals surface area contributed by atoms with Gasteiger partial charge in [0.25, 0.3) is 0 Å². The SMILES string of the molecule is CN(C)C(=Nc1cc[n+]([O-])c2c1c(N=C(N(C)C)N(C)C)cc[n+]2[O-])N(C)C. The molecule has 0 unspecified atom stereocenters. The van der Waals surface area contributed by atoms with E-state index in [0.717, 1.165) is 0 Å². The van der Waals surface area contributed by atoms with Crippen LogP contribution in [0.25, 0.3) is 11.0 Å². The molecule has 0 aromatic carbocycles. The number of fused-ring (bicyclic) bond motifs is 1. The van der Waals surface area contributed by atoms with Crippen molar-refractivity contribution in [1.82, 2.24) is 19.6 Å². The molecule has 0 fully saturated rings. The molecule has 10 heteroatoms. The number of nitrogens with zero attached hydrogens (tertiary/aromatic N) is 8. The second kappa shape index (κ2) is 8.15. The second-order valence-corrected chi connectivity index (χ2v) is 7.15. The number of guanidine groups is 2. The lowest BCUT2D eigenvalue weighted by atomic mass is 10.2. The summed E-state index contributed by atoms with van der Waals surface area (Å²) < 4.78 is 1.08. The first-order chi connectivity index (χ1) is 13.0. The van der Waals surface area contributed by atoms with E-state index in [1.807, 2.05) is 76.0 Å². The van der Waals surface area contributed by atoms with Crippen LogP contribution in [0.15, 0.2) is 34.5 Å². The van der Waals surface area contributed by atoms with Crippen LogP contribution in [-0.4, -0.2) is 87.9 Å². The zero-order valence-corrected chi connectivity index (χ0v) is 17.7. The molecule has 2 aromatic heterocycles. The largest absolute Gasteiger partial charge is 0.614 e. The van der Waals surface area contributed by atoms with Crippen LogP contribution in [0.5, 0.6) is 0 Å². The van der Waals surface area contributed by atoms with E-state index >= 15 is 0 Å². The van der Waals surface area contributed by atoms with E-state index in [9.17, 15) is 10.4 Å². The molecule has 2 rings (SSSR count). The maximum absolute atomic E-state index is 12.4. The summed E-state index contributed by atoms with van der Waals surface area (Å²) in [6.45, 7) is 0. The van der Waals surface area contributed by atoms with E-state index < -0.39 is 0 Å². The van der Waals surface area contributed by atoms with Crippen molar-refractivity contribution in [2.24, 2.45) is 9.98 Å². The summed E-state index contributed by atoms with van der Waals surface area (Å²) in [4.78, 5) is 16.8. The van der Waals surface area contributed by atoms with Gasteiger partial charge in [-0.25, -0.2) is 9.98 Å². The van der Waals surface area contributed by atoms with E-state index in [1.165, 1.54) is 12.4 Å². The van der Waals surface area contributed by atoms with Crippen molar-refractivity contribution in [2.75, 3.05) is 56.4 Å². The smallest absolute Gasteiger partial charge is 0.478 e. The minimum atomic E-state index is -0.0591. The molecule has 0 N–H and O–H groups in total. The molecule has 0 radical (unpaired) electrons. The van der Waals surface area contributed by atoms with Gasteiger partial charge in [-0.3, -0.25) is 0 Å². The van der Waals surface area contributed by atoms with Crippen LogP contribution in [0.1, 0.15) is 0 Å². The summed E-state index contributed by atoms with van der Waals surface area (Å²) in [5.41, 5.74) is 0.914. The van der Waals surface area contributed by atoms with Gasteiger partial charge in [-0.1, -0.05) is 0 Å². The molecular formula is C18H28N8O2. The van der Waals surface area contributed by atoms with Gasteiger partial charge < -0.3 is 30.0 Å². The molecule has 10 nitrogen and oxygen atoms in total. The van der Waals surface area contributed by atoms with Crippen LogP contribution in [0.3, 0.4) is 0 Å². The Labute approximate surface area is 165 Å². The highest BCUT2D eigenvalue weighted by Crippen LogP contribution is 2.31. The van der Waals surface area contributed by atoms with Crippen LogP contribution in [-0.2, 0) is 0 Å². The number of aliphatic imine (C=N–C) groups is 2. The molecule has 0 saturated heterocycles. The summed E-state index contributed by atoms with van der Waals surface area (Å²) in [7, 11) is 15.0. The molecule has 0 aliphatic carbocycles. The molecular weight excluding hydrogens is 360 g/mol. The minimum Gasteiger partial charge on any atom is -0.614 e. The average molecular weight is 388 g/mol. The third-order valence-corrected chi connectivity index (χ3v) is 3.93. The first kappa shape index (κ1) is 21.0. The Kier molecular flexibility index (Phi) is 6.12. The zero-order chi connectivity index (χ0) is 21.2. The predicted octanol–water partition coefficient (Wildman–Crippen LogP) is 0.328. The molecule has 28 heavy (non-hydrogen) atoms. The van der Waals surface area contributed by atoms with Crippen LogP contribution in [0.4, 0.5) is 11.4 Å². The first-order valence-electron chi connectivity index (χ1n) is 8.69. The summed E-state index contributed by atoms with van der Waals surface area (Å²) >= 11 is 0. The summed E-state index contributed by atoms with van der Waals surface area (Å²) in [5.74, 6) is 1.34. The zero-order valence-electron chi connectivity index (χ0n) is 17.7. The standard InChI is InChI=1S/C18H28N8O2/c1-21(2)17(22(3)4)19-13-9-11-25(27)16-15(13)14(10-12-26(16)28)20-18(23(5)6)24(7)8/h9-12H,1-8H3. The maximum Gasteiger partial charge on any atom is 0.478 e. The summed E-state index contributed by atoms with van der Waals surface area (Å²) in [6, 6.07) is 3.18. The van der Waals surface area contributed by atoms with Crippen LogP contribution in [0.2, 0.25) is 0 Å². The Morgan fingerprint density at radius 2 is 1.00 bits per heavy atom. The van der Waals surface area contributed by atoms with E-state index in [4.69, 9.17) is 9.98 Å². The molecule has 152 valence electrons. The van der Waals surface area contributed by atoms with Crippen molar-refractivity contribution in [1.29, 1.82) is 0 Å². The molecule has 0 bridgehead atoms. The second-order valence-electron chi connectivity index (χ2n) is 7.15. The number of pyridine rings is 2. The van der Waals surface area contributed by atoms with Gasteiger partial charge in [-0.2, -0.15) is 0 Å². The number of hydrogen-bond acceptors (Lipinski definition) is 4. The van der Waals surface area contributed by atoms with Crippen molar-refractivity contribution >= 4 is 34.3 Å². The van der Waals surface area contributed by atoms with Crippen molar-refractivity contribution in [3.63, 3.8) is 0 Å².